The minimum atomic E-state index is 0.470. The fraction of sp³-hybridized carbons (Fsp3) is 0.316. The first kappa shape index (κ1) is 16.8. The van der Waals surface area contributed by atoms with Gasteiger partial charge in [-0.2, -0.15) is 0 Å². The number of hydrogen-bond donors (Lipinski definition) is 1. The maximum absolute atomic E-state index is 7.08. The molecule has 1 atom stereocenters. The SMILES string of the molecule is [C-]#[N+]c1ccc(-c2nc(OC[C@@H]3CCCNC3)c3nccn3c2Cl)cc1. The minimum Gasteiger partial charge on any atom is -0.475 e. The number of fused-ring (bicyclic) bond motifs is 1. The van der Waals surface area contributed by atoms with Gasteiger partial charge in [-0.15, -0.1) is 0 Å². The average molecular weight is 368 g/mol. The summed E-state index contributed by atoms with van der Waals surface area (Å²) in [5.41, 5.74) is 2.64. The van der Waals surface area contributed by atoms with E-state index in [1.807, 2.05) is 12.1 Å². The van der Waals surface area contributed by atoms with Crippen LogP contribution in [0.4, 0.5) is 5.69 Å². The molecule has 3 heterocycles. The number of piperidine rings is 1. The van der Waals surface area contributed by atoms with Gasteiger partial charge in [-0.25, -0.2) is 14.8 Å². The second-order valence-corrected chi connectivity index (χ2v) is 6.72. The molecule has 1 saturated heterocycles. The molecule has 0 amide bonds. The number of benzene rings is 1. The third kappa shape index (κ3) is 3.24. The van der Waals surface area contributed by atoms with Crippen LogP contribution in [0, 0.1) is 12.5 Å². The lowest BCUT2D eigenvalue weighted by atomic mass is 10.0. The van der Waals surface area contributed by atoms with Gasteiger partial charge in [0.05, 0.1) is 13.2 Å². The molecule has 0 bridgehead atoms. The van der Waals surface area contributed by atoms with Crippen LogP contribution in [0.1, 0.15) is 12.8 Å². The summed E-state index contributed by atoms with van der Waals surface area (Å²) in [4.78, 5) is 12.4. The van der Waals surface area contributed by atoms with Crippen molar-refractivity contribution in [3.63, 3.8) is 0 Å². The molecule has 4 rings (SSSR count). The van der Waals surface area contributed by atoms with Crippen LogP contribution in [0.2, 0.25) is 5.15 Å². The molecule has 2 aromatic heterocycles. The van der Waals surface area contributed by atoms with Crippen molar-refractivity contribution in [3.8, 4) is 17.1 Å². The fourth-order valence-corrected chi connectivity index (χ4v) is 3.46. The molecule has 1 aromatic carbocycles. The molecule has 0 radical (unpaired) electrons. The number of aromatic nitrogens is 3. The third-order valence-electron chi connectivity index (χ3n) is 4.58. The Bertz CT molecular complexity index is 954. The largest absolute Gasteiger partial charge is 0.475 e. The van der Waals surface area contributed by atoms with E-state index in [-0.39, 0.29) is 0 Å². The van der Waals surface area contributed by atoms with Crippen LogP contribution >= 0.6 is 11.6 Å². The highest BCUT2D eigenvalue weighted by Crippen LogP contribution is 2.32. The lowest BCUT2D eigenvalue weighted by molar-refractivity contribution is 0.213. The van der Waals surface area contributed by atoms with Gasteiger partial charge >= 0.3 is 0 Å². The zero-order valence-corrected chi connectivity index (χ0v) is 14.9. The van der Waals surface area contributed by atoms with Gasteiger partial charge in [-0.05, 0) is 19.4 Å². The summed E-state index contributed by atoms with van der Waals surface area (Å²) in [5.74, 6) is 0.951. The Balaban J connectivity index is 1.69. The number of nitrogens with zero attached hydrogens (tertiary/aromatic N) is 4. The molecular formula is C19H18ClN5O. The maximum Gasteiger partial charge on any atom is 0.259 e. The smallest absolute Gasteiger partial charge is 0.259 e. The summed E-state index contributed by atoms with van der Waals surface area (Å²) in [7, 11) is 0. The quantitative estimate of drug-likeness (QED) is 0.709. The first-order valence-corrected chi connectivity index (χ1v) is 8.98. The van der Waals surface area contributed by atoms with Crippen LogP contribution < -0.4 is 10.1 Å². The van der Waals surface area contributed by atoms with Crippen LogP contribution in [0.3, 0.4) is 0 Å². The summed E-state index contributed by atoms with van der Waals surface area (Å²) in [6.45, 7) is 9.71. The molecule has 132 valence electrons. The Morgan fingerprint density at radius 1 is 1.35 bits per heavy atom. The predicted octanol–water partition coefficient (Wildman–Crippen LogP) is 3.98. The van der Waals surface area contributed by atoms with Crippen molar-refractivity contribution < 1.29 is 4.74 Å². The van der Waals surface area contributed by atoms with Crippen molar-refractivity contribution in [2.24, 2.45) is 5.92 Å². The predicted molar refractivity (Wildman–Crippen MR) is 101 cm³/mol. The Kier molecular flexibility index (Phi) is 4.74. The molecule has 1 aliphatic heterocycles. The van der Waals surface area contributed by atoms with Crippen molar-refractivity contribution in [1.29, 1.82) is 0 Å². The maximum atomic E-state index is 7.08. The number of rotatable bonds is 4. The van der Waals surface area contributed by atoms with Crippen LogP contribution in [0.5, 0.6) is 5.88 Å². The molecule has 1 aliphatic rings. The minimum absolute atomic E-state index is 0.470. The van der Waals surface area contributed by atoms with Gasteiger partial charge < -0.3 is 10.1 Å². The number of imidazole rings is 1. The van der Waals surface area contributed by atoms with Crippen LogP contribution in [0.15, 0.2) is 36.7 Å². The highest BCUT2D eigenvalue weighted by atomic mass is 35.5. The van der Waals surface area contributed by atoms with E-state index in [1.165, 1.54) is 6.42 Å². The number of hydrogen-bond acceptors (Lipinski definition) is 4. The normalized spacial score (nSPS) is 17.2. The van der Waals surface area contributed by atoms with E-state index in [9.17, 15) is 0 Å². The van der Waals surface area contributed by atoms with E-state index in [0.29, 0.717) is 40.6 Å². The standard InChI is InChI=1S/C19H18ClN5O/c1-21-15-6-4-14(5-7-15)16-17(20)25-10-9-23-18(25)19(24-16)26-12-13-3-2-8-22-11-13/h4-7,9-10,13,22H,2-3,8,11-12H2/t13-/m1/s1. The summed E-state index contributed by atoms with van der Waals surface area (Å²) in [6.07, 6.45) is 5.80. The van der Waals surface area contributed by atoms with Gasteiger partial charge in [-0.3, -0.25) is 4.40 Å². The van der Waals surface area contributed by atoms with E-state index < -0.39 is 0 Å². The van der Waals surface area contributed by atoms with Crippen LogP contribution in [0.25, 0.3) is 21.7 Å². The van der Waals surface area contributed by atoms with Crippen LogP contribution in [-0.2, 0) is 0 Å². The lowest BCUT2D eigenvalue weighted by Gasteiger charge is -2.22. The van der Waals surface area contributed by atoms with Gasteiger partial charge in [0.25, 0.3) is 5.88 Å². The molecule has 26 heavy (non-hydrogen) atoms. The first-order chi connectivity index (χ1) is 12.8. The molecule has 1 fully saturated rings. The zero-order chi connectivity index (χ0) is 17.9. The molecule has 0 unspecified atom stereocenters. The lowest BCUT2D eigenvalue weighted by Crippen LogP contribution is -2.33. The van der Waals surface area contributed by atoms with E-state index in [1.54, 1.807) is 28.9 Å². The van der Waals surface area contributed by atoms with Crippen molar-refractivity contribution in [2.75, 3.05) is 19.7 Å². The number of ether oxygens (including phenoxy) is 1. The average Bonchev–Trinajstić information content (AvgIpc) is 3.19. The summed E-state index contributed by atoms with van der Waals surface area (Å²) in [6, 6.07) is 7.21. The molecule has 3 aromatic rings. The topological polar surface area (TPSA) is 55.8 Å². The first-order valence-electron chi connectivity index (χ1n) is 8.60. The zero-order valence-electron chi connectivity index (χ0n) is 14.2. The molecule has 7 heteroatoms. The van der Waals surface area contributed by atoms with E-state index >= 15 is 0 Å². The fourth-order valence-electron chi connectivity index (χ4n) is 3.17. The summed E-state index contributed by atoms with van der Waals surface area (Å²) >= 11 is 6.55. The summed E-state index contributed by atoms with van der Waals surface area (Å²) in [5, 5.41) is 3.87. The number of nitrogens with one attached hydrogen (secondary N) is 1. The monoisotopic (exact) mass is 367 g/mol. The summed E-state index contributed by atoms with van der Waals surface area (Å²) < 4.78 is 7.82. The van der Waals surface area contributed by atoms with Crippen molar-refractivity contribution in [3.05, 3.63) is 53.2 Å². The highest BCUT2D eigenvalue weighted by molar-refractivity contribution is 6.32. The van der Waals surface area contributed by atoms with Crippen molar-refractivity contribution in [1.82, 2.24) is 19.7 Å². The molecule has 0 spiro atoms. The third-order valence-corrected chi connectivity index (χ3v) is 4.94. The Labute approximate surface area is 156 Å². The van der Waals surface area contributed by atoms with Crippen LogP contribution in [-0.4, -0.2) is 34.1 Å². The Hall–Kier alpha value is -2.62. The molecule has 0 aliphatic carbocycles. The van der Waals surface area contributed by atoms with Gasteiger partial charge in [-0.1, -0.05) is 35.9 Å². The Morgan fingerprint density at radius 3 is 2.92 bits per heavy atom. The van der Waals surface area contributed by atoms with Gasteiger partial charge in [0.2, 0.25) is 5.65 Å². The van der Waals surface area contributed by atoms with Crippen molar-refractivity contribution in [2.45, 2.75) is 12.8 Å². The molecule has 1 N–H and O–H groups in total. The molecule has 0 saturated carbocycles. The van der Waals surface area contributed by atoms with Gasteiger partial charge in [0, 0.05) is 30.4 Å². The van der Waals surface area contributed by atoms with E-state index in [0.717, 1.165) is 25.1 Å². The number of halogens is 1. The molecule has 6 nitrogen and oxygen atoms in total. The van der Waals surface area contributed by atoms with Gasteiger partial charge in [0.15, 0.2) is 5.69 Å². The second-order valence-electron chi connectivity index (χ2n) is 6.36. The van der Waals surface area contributed by atoms with E-state index in [4.69, 9.17) is 22.9 Å². The highest BCUT2D eigenvalue weighted by Gasteiger charge is 2.19. The van der Waals surface area contributed by atoms with E-state index in [2.05, 4.69) is 20.1 Å². The molecular weight excluding hydrogens is 350 g/mol. The second kappa shape index (κ2) is 7.32. The van der Waals surface area contributed by atoms with Crippen molar-refractivity contribution >= 4 is 22.9 Å². The Morgan fingerprint density at radius 2 is 2.19 bits per heavy atom. The van der Waals surface area contributed by atoms with Gasteiger partial charge in [0.1, 0.15) is 10.8 Å².